The number of carbonyl (C=O) groups excluding carboxylic acids is 2. The second-order valence-electron chi connectivity index (χ2n) is 6.21. The molecule has 0 aliphatic carbocycles. The van der Waals surface area contributed by atoms with Crippen molar-refractivity contribution in [2.24, 2.45) is 0 Å². The summed E-state index contributed by atoms with van der Waals surface area (Å²) in [6.07, 6.45) is 0.802. The predicted octanol–water partition coefficient (Wildman–Crippen LogP) is 3.11. The van der Waals surface area contributed by atoms with Gasteiger partial charge in [0.1, 0.15) is 0 Å². The van der Waals surface area contributed by atoms with Crippen molar-refractivity contribution < 1.29 is 9.59 Å². The van der Waals surface area contributed by atoms with E-state index in [0.29, 0.717) is 5.69 Å². The van der Waals surface area contributed by atoms with Crippen LogP contribution in [0.4, 0.5) is 11.4 Å². The molecule has 0 aliphatic rings. The zero-order valence-electron chi connectivity index (χ0n) is 14.9. The van der Waals surface area contributed by atoms with E-state index in [1.54, 1.807) is 12.1 Å². The molecule has 25 heavy (non-hydrogen) atoms. The number of hydrogen-bond donors (Lipinski definition) is 3. The zero-order chi connectivity index (χ0) is 18.2. The number of anilines is 2. The van der Waals surface area contributed by atoms with Gasteiger partial charge >= 0.3 is 0 Å². The number of hydrogen-bond acceptors (Lipinski definition) is 3. The molecule has 0 saturated carbocycles. The first-order chi connectivity index (χ1) is 11.9. The lowest BCUT2D eigenvalue weighted by Gasteiger charge is -2.16. The van der Waals surface area contributed by atoms with Crippen LogP contribution in [0.25, 0.3) is 0 Å². The quantitative estimate of drug-likeness (QED) is 0.726. The standard InChI is InChI=1S/C20H25N3O2/c1-14-7-4-5-8-17(14)11-15(2)22-20(25)13-21-18-9-6-10-19(12-18)23-16(3)24/h4-10,12,15,21H,11,13H2,1-3H3,(H,22,25)(H,23,24). The van der Waals surface area contributed by atoms with Crippen molar-refractivity contribution in [2.75, 3.05) is 17.2 Å². The Balaban J connectivity index is 1.82. The van der Waals surface area contributed by atoms with Gasteiger partial charge in [0.15, 0.2) is 0 Å². The van der Waals surface area contributed by atoms with Crippen molar-refractivity contribution in [1.29, 1.82) is 0 Å². The monoisotopic (exact) mass is 339 g/mol. The molecular weight excluding hydrogens is 314 g/mol. The maximum atomic E-state index is 12.1. The van der Waals surface area contributed by atoms with Gasteiger partial charge in [-0.2, -0.15) is 0 Å². The number of nitrogens with one attached hydrogen (secondary N) is 3. The number of carbonyl (C=O) groups is 2. The third-order valence-electron chi connectivity index (χ3n) is 3.83. The van der Waals surface area contributed by atoms with Crippen molar-refractivity contribution >= 4 is 23.2 Å². The van der Waals surface area contributed by atoms with Crippen LogP contribution in [0.3, 0.4) is 0 Å². The fraction of sp³-hybridized carbons (Fsp3) is 0.300. The highest BCUT2D eigenvalue weighted by Crippen LogP contribution is 2.14. The Morgan fingerprint density at radius 2 is 1.76 bits per heavy atom. The molecule has 2 aromatic rings. The van der Waals surface area contributed by atoms with Crippen molar-refractivity contribution in [2.45, 2.75) is 33.2 Å². The first-order valence-corrected chi connectivity index (χ1v) is 8.39. The van der Waals surface area contributed by atoms with Gasteiger partial charge in [-0.15, -0.1) is 0 Å². The van der Waals surface area contributed by atoms with Crippen LogP contribution in [-0.4, -0.2) is 24.4 Å². The Labute approximate surface area is 148 Å². The summed E-state index contributed by atoms with van der Waals surface area (Å²) in [5, 5.41) is 8.79. The molecule has 0 spiro atoms. The van der Waals surface area contributed by atoms with Crippen LogP contribution in [-0.2, 0) is 16.0 Å². The van der Waals surface area contributed by atoms with Crippen LogP contribution in [0.5, 0.6) is 0 Å². The molecule has 1 atom stereocenters. The minimum Gasteiger partial charge on any atom is -0.376 e. The third kappa shape index (κ3) is 6.30. The van der Waals surface area contributed by atoms with Gasteiger partial charge in [-0.3, -0.25) is 9.59 Å². The lowest BCUT2D eigenvalue weighted by Crippen LogP contribution is -2.37. The van der Waals surface area contributed by atoms with Gasteiger partial charge in [-0.05, 0) is 49.6 Å². The van der Waals surface area contributed by atoms with Crippen molar-refractivity contribution in [1.82, 2.24) is 5.32 Å². The summed E-state index contributed by atoms with van der Waals surface area (Å²) in [5.41, 5.74) is 3.96. The smallest absolute Gasteiger partial charge is 0.239 e. The number of benzene rings is 2. The van der Waals surface area contributed by atoms with E-state index >= 15 is 0 Å². The van der Waals surface area contributed by atoms with Gasteiger partial charge in [0.05, 0.1) is 6.54 Å². The Bertz CT molecular complexity index is 743. The van der Waals surface area contributed by atoms with Crippen LogP contribution in [0.15, 0.2) is 48.5 Å². The van der Waals surface area contributed by atoms with Gasteiger partial charge in [0, 0.05) is 24.3 Å². The minimum atomic E-state index is -0.125. The first-order valence-electron chi connectivity index (χ1n) is 8.39. The summed E-state index contributed by atoms with van der Waals surface area (Å²) in [6, 6.07) is 15.5. The van der Waals surface area contributed by atoms with Gasteiger partial charge in [-0.25, -0.2) is 0 Å². The molecule has 0 heterocycles. The number of amides is 2. The van der Waals surface area contributed by atoms with E-state index in [4.69, 9.17) is 0 Å². The topological polar surface area (TPSA) is 70.2 Å². The molecule has 0 aromatic heterocycles. The zero-order valence-corrected chi connectivity index (χ0v) is 14.9. The van der Waals surface area contributed by atoms with Crippen LogP contribution in [0, 0.1) is 6.92 Å². The average molecular weight is 339 g/mol. The Kier molecular flexibility index (Phi) is 6.57. The minimum absolute atomic E-state index is 0.0566. The van der Waals surface area contributed by atoms with Crippen LogP contribution < -0.4 is 16.0 Å². The fourth-order valence-corrected chi connectivity index (χ4v) is 2.64. The molecule has 0 saturated heterocycles. The molecule has 2 aromatic carbocycles. The van der Waals surface area contributed by atoms with E-state index in [2.05, 4.69) is 35.0 Å². The SMILES string of the molecule is CC(=O)Nc1cccc(NCC(=O)NC(C)Cc2ccccc2C)c1. The third-order valence-corrected chi connectivity index (χ3v) is 3.83. The molecule has 3 N–H and O–H groups in total. The average Bonchev–Trinajstić information content (AvgIpc) is 2.55. The lowest BCUT2D eigenvalue weighted by atomic mass is 10.0. The Hall–Kier alpha value is -2.82. The summed E-state index contributed by atoms with van der Waals surface area (Å²) in [4.78, 5) is 23.2. The van der Waals surface area contributed by atoms with Gasteiger partial charge in [0.25, 0.3) is 0 Å². The molecule has 0 aliphatic heterocycles. The first kappa shape index (κ1) is 18.5. The summed E-state index contributed by atoms with van der Waals surface area (Å²) in [6.45, 7) is 5.72. The molecule has 2 amide bonds. The van der Waals surface area contributed by atoms with Crippen molar-refractivity contribution in [3.63, 3.8) is 0 Å². The molecule has 5 nitrogen and oxygen atoms in total. The molecule has 0 fully saturated rings. The highest BCUT2D eigenvalue weighted by molar-refractivity contribution is 5.89. The van der Waals surface area contributed by atoms with Crippen molar-refractivity contribution in [3.05, 3.63) is 59.7 Å². The maximum absolute atomic E-state index is 12.1. The van der Waals surface area contributed by atoms with Crippen molar-refractivity contribution in [3.8, 4) is 0 Å². The largest absolute Gasteiger partial charge is 0.376 e. The summed E-state index contributed by atoms with van der Waals surface area (Å²) in [5.74, 6) is -0.189. The molecule has 2 rings (SSSR count). The van der Waals surface area contributed by atoms with Gasteiger partial charge < -0.3 is 16.0 Å². The molecule has 0 bridgehead atoms. The van der Waals surface area contributed by atoms with E-state index in [9.17, 15) is 9.59 Å². The van der Waals surface area contributed by atoms with Gasteiger partial charge in [0.2, 0.25) is 11.8 Å². The summed E-state index contributed by atoms with van der Waals surface area (Å²) >= 11 is 0. The second-order valence-corrected chi connectivity index (χ2v) is 6.21. The van der Waals surface area contributed by atoms with E-state index < -0.39 is 0 Å². The molecule has 1 unspecified atom stereocenters. The van der Waals surface area contributed by atoms with Crippen LogP contribution in [0.2, 0.25) is 0 Å². The normalized spacial score (nSPS) is 11.5. The molecule has 132 valence electrons. The van der Waals surface area contributed by atoms with Crippen LogP contribution >= 0.6 is 0 Å². The molecule has 5 heteroatoms. The Morgan fingerprint density at radius 1 is 1.04 bits per heavy atom. The van der Waals surface area contributed by atoms with E-state index in [0.717, 1.165) is 12.1 Å². The lowest BCUT2D eigenvalue weighted by molar-refractivity contribution is -0.120. The molecule has 0 radical (unpaired) electrons. The van der Waals surface area contributed by atoms with E-state index in [1.807, 2.05) is 31.2 Å². The molecular formula is C20H25N3O2. The highest BCUT2D eigenvalue weighted by Gasteiger charge is 2.09. The number of aryl methyl sites for hydroxylation is 1. The van der Waals surface area contributed by atoms with E-state index in [-0.39, 0.29) is 24.4 Å². The van der Waals surface area contributed by atoms with Gasteiger partial charge in [-0.1, -0.05) is 30.3 Å². The van der Waals surface area contributed by atoms with Crippen LogP contribution in [0.1, 0.15) is 25.0 Å². The maximum Gasteiger partial charge on any atom is 0.239 e. The number of rotatable bonds is 7. The predicted molar refractivity (Wildman–Crippen MR) is 102 cm³/mol. The summed E-state index contributed by atoms with van der Waals surface area (Å²) < 4.78 is 0. The van der Waals surface area contributed by atoms with E-state index in [1.165, 1.54) is 18.1 Å². The summed E-state index contributed by atoms with van der Waals surface area (Å²) in [7, 11) is 0. The fourth-order valence-electron chi connectivity index (χ4n) is 2.64. The highest BCUT2D eigenvalue weighted by atomic mass is 16.2. The Morgan fingerprint density at radius 3 is 2.48 bits per heavy atom. The second kappa shape index (κ2) is 8.87.